The number of carboxylic acids is 1. The van der Waals surface area contributed by atoms with Gasteiger partial charge in [0.1, 0.15) is 17.9 Å². The van der Waals surface area contributed by atoms with Crippen molar-refractivity contribution >= 4 is 21.8 Å². The molecule has 0 bridgehead atoms. The first kappa shape index (κ1) is 30.2. The van der Waals surface area contributed by atoms with Crippen LogP contribution in [0, 0.1) is 11.2 Å². The Morgan fingerprint density at radius 2 is 1.93 bits per heavy atom. The van der Waals surface area contributed by atoms with E-state index in [0.717, 1.165) is 83.4 Å². The normalized spacial score (nSPS) is 24.4. The maximum absolute atomic E-state index is 13.6. The summed E-state index contributed by atoms with van der Waals surface area (Å²) in [6.07, 6.45) is 8.25. The molecule has 0 radical (unpaired) electrons. The fourth-order valence-electron chi connectivity index (χ4n) is 5.97. The van der Waals surface area contributed by atoms with Crippen LogP contribution >= 0.6 is 0 Å². The Kier molecular flexibility index (Phi) is 8.95. The van der Waals surface area contributed by atoms with E-state index in [9.17, 15) is 22.7 Å². The van der Waals surface area contributed by atoms with Crippen LogP contribution in [0.3, 0.4) is 0 Å². The first-order valence-electron chi connectivity index (χ1n) is 13.8. The zero-order valence-corrected chi connectivity index (χ0v) is 23.9. The van der Waals surface area contributed by atoms with Gasteiger partial charge >= 0.3 is 18.9 Å². The SMILES string of the molecule is O=C([O-])c1cc(F)ccc1Oc1cncnc1N1CC2(CCN(C[C@@H]3CC[C@@H](NS(=O)(=O)C4CC4)CO3)CC2)C1.[Li+]. The monoisotopic (exact) mass is 581 g/mol. The summed E-state index contributed by atoms with van der Waals surface area (Å²) in [4.78, 5) is 24.4. The van der Waals surface area contributed by atoms with Crippen molar-refractivity contribution in [2.75, 3.05) is 44.2 Å². The van der Waals surface area contributed by atoms with Gasteiger partial charge in [-0.15, -0.1) is 0 Å². The summed E-state index contributed by atoms with van der Waals surface area (Å²) in [5.74, 6) is -1.38. The molecule has 11 nitrogen and oxygen atoms in total. The summed E-state index contributed by atoms with van der Waals surface area (Å²) in [6, 6.07) is 3.13. The van der Waals surface area contributed by atoms with Crippen molar-refractivity contribution in [3.05, 3.63) is 42.1 Å². The van der Waals surface area contributed by atoms with E-state index in [4.69, 9.17) is 9.47 Å². The molecule has 1 N–H and O–H groups in total. The molecule has 3 aliphatic heterocycles. The second-order valence-electron chi connectivity index (χ2n) is 11.5. The van der Waals surface area contributed by atoms with Crippen molar-refractivity contribution in [1.29, 1.82) is 0 Å². The third-order valence-electron chi connectivity index (χ3n) is 8.44. The van der Waals surface area contributed by atoms with Gasteiger partial charge in [-0.2, -0.15) is 0 Å². The minimum atomic E-state index is -3.19. The Hall–Kier alpha value is -2.27. The third kappa shape index (κ3) is 6.87. The zero-order chi connectivity index (χ0) is 27.9. The van der Waals surface area contributed by atoms with E-state index in [1.807, 2.05) is 0 Å². The molecule has 0 unspecified atom stereocenters. The fraction of sp³-hybridized carbons (Fsp3) is 0.593. The van der Waals surface area contributed by atoms with E-state index in [-0.39, 0.29) is 53.0 Å². The molecule has 4 fully saturated rings. The number of ether oxygens (including phenoxy) is 2. The van der Waals surface area contributed by atoms with Crippen LogP contribution in [-0.4, -0.2) is 86.0 Å². The van der Waals surface area contributed by atoms with E-state index in [2.05, 4.69) is 24.5 Å². The molecule has 4 aliphatic rings. The molecule has 41 heavy (non-hydrogen) atoms. The van der Waals surface area contributed by atoms with Crippen molar-refractivity contribution in [1.82, 2.24) is 19.6 Å². The second-order valence-corrected chi connectivity index (χ2v) is 13.5. The van der Waals surface area contributed by atoms with Crippen molar-refractivity contribution in [3.8, 4) is 11.5 Å². The molecule has 2 aromatic rings. The molecule has 1 aromatic heterocycles. The molecule has 1 aliphatic carbocycles. The molecule has 1 saturated carbocycles. The molecule has 1 spiro atoms. The first-order chi connectivity index (χ1) is 19.2. The smallest absolute Gasteiger partial charge is 0.545 e. The van der Waals surface area contributed by atoms with Crippen LogP contribution in [0.4, 0.5) is 10.2 Å². The number of piperidine rings is 1. The van der Waals surface area contributed by atoms with E-state index >= 15 is 0 Å². The van der Waals surface area contributed by atoms with Gasteiger partial charge in [-0.1, -0.05) is 0 Å². The number of sulfonamides is 1. The first-order valence-corrected chi connectivity index (χ1v) is 15.3. The van der Waals surface area contributed by atoms with Crippen molar-refractivity contribution in [3.63, 3.8) is 0 Å². The summed E-state index contributed by atoms with van der Waals surface area (Å²) >= 11 is 0. The van der Waals surface area contributed by atoms with Gasteiger partial charge in [-0.05, 0) is 69.8 Å². The number of nitrogens with zero attached hydrogens (tertiary/aromatic N) is 4. The molecular weight excluding hydrogens is 548 g/mol. The maximum Gasteiger partial charge on any atom is 1.00 e. The number of hydrogen-bond acceptors (Lipinski definition) is 10. The van der Waals surface area contributed by atoms with Gasteiger partial charge in [0.25, 0.3) is 0 Å². The molecule has 216 valence electrons. The van der Waals surface area contributed by atoms with Crippen molar-refractivity contribution in [2.24, 2.45) is 5.41 Å². The number of carboxylic acid groups (broad SMARTS) is 1. The minimum absolute atomic E-state index is 0. The van der Waals surface area contributed by atoms with Crippen LogP contribution in [-0.2, 0) is 14.8 Å². The average molecular weight is 582 g/mol. The van der Waals surface area contributed by atoms with Gasteiger partial charge in [-0.3, -0.25) is 0 Å². The van der Waals surface area contributed by atoms with Crippen LogP contribution in [0.2, 0.25) is 0 Å². The summed E-state index contributed by atoms with van der Waals surface area (Å²) < 4.78 is 52.6. The second kappa shape index (κ2) is 12.1. The van der Waals surface area contributed by atoms with Gasteiger partial charge in [-0.25, -0.2) is 27.5 Å². The van der Waals surface area contributed by atoms with Crippen molar-refractivity contribution < 1.29 is 51.0 Å². The predicted octanol–water partition coefficient (Wildman–Crippen LogP) is -1.69. The summed E-state index contributed by atoms with van der Waals surface area (Å²) in [6.45, 7) is 4.80. The third-order valence-corrected chi connectivity index (χ3v) is 10.4. The number of carbonyl (C=O) groups is 1. The molecule has 1 aromatic carbocycles. The number of nitrogens with one attached hydrogen (secondary N) is 1. The van der Waals surface area contributed by atoms with Crippen LogP contribution < -0.4 is 38.3 Å². The fourth-order valence-corrected chi connectivity index (χ4v) is 7.57. The Morgan fingerprint density at radius 3 is 2.59 bits per heavy atom. The number of rotatable bonds is 9. The van der Waals surface area contributed by atoms with Gasteiger partial charge in [0.2, 0.25) is 10.0 Å². The standard InChI is InChI=1S/C27H34FN5O6S.Li/c28-18-1-6-23(22(11-18)26(34)35)39-24-12-29-17-30-25(24)33-15-27(16-33)7-9-32(10-8-27)13-20-3-2-19(14-38-20)31-40(36,37)21-4-5-21;/h1,6,11-12,17,19-21,31H,2-5,7-10,13-16H2,(H,34,35);/q;+1/p-1/t19-,20+;/m1./s1. The van der Waals surface area contributed by atoms with Crippen LogP contribution in [0.5, 0.6) is 11.5 Å². The average Bonchev–Trinajstić information content (AvgIpc) is 3.77. The number of hydrogen-bond donors (Lipinski definition) is 1. The number of benzene rings is 1. The molecule has 6 rings (SSSR count). The van der Waals surface area contributed by atoms with Gasteiger partial charge in [0, 0.05) is 36.7 Å². The number of likely N-dealkylation sites (tertiary alicyclic amines) is 1. The van der Waals surface area contributed by atoms with Gasteiger partial charge < -0.3 is 29.2 Å². The van der Waals surface area contributed by atoms with Crippen molar-refractivity contribution in [2.45, 2.75) is 55.9 Å². The minimum Gasteiger partial charge on any atom is -0.545 e. The molecule has 14 heteroatoms. The van der Waals surface area contributed by atoms with E-state index in [1.54, 1.807) is 0 Å². The number of carbonyl (C=O) groups excluding carboxylic acids is 1. The van der Waals surface area contributed by atoms with Crippen LogP contribution in [0.1, 0.15) is 48.9 Å². The number of anilines is 1. The van der Waals surface area contributed by atoms with Crippen LogP contribution in [0.15, 0.2) is 30.7 Å². The number of halogens is 1. The molecule has 4 heterocycles. The Bertz CT molecular complexity index is 1360. The van der Waals surface area contributed by atoms with Gasteiger partial charge in [0.15, 0.2) is 11.6 Å². The maximum atomic E-state index is 13.6. The molecule has 2 atom stereocenters. The van der Waals surface area contributed by atoms with E-state index < -0.39 is 21.8 Å². The van der Waals surface area contributed by atoms with E-state index in [0.29, 0.717) is 18.2 Å². The topological polar surface area (TPSA) is 137 Å². The Morgan fingerprint density at radius 1 is 1.17 bits per heavy atom. The van der Waals surface area contributed by atoms with Crippen LogP contribution in [0.25, 0.3) is 0 Å². The Balaban J connectivity index is 0.00000337. The Labute approximate surface area is 251 Å². The predicted molar refractivity (Wildman–Crippen MR) is 141 cm³/mol. The molecular formula is C27H33FLiN5O6S. The zero-order valence-electron chi connectivity index (χ0n) is 23.1. The largest absolute Gasteiger partial charge is 1.00 e. The number of aromatic carboxylic acids is 1. The molecule has 3 saturated heterocycles. The summed E-state index contributed by atoms with van der Waals surface area (Å²) in [5, 5.41) is 11.2. The summed E-state index contributed by atoms with van der Waals surface area (Å²) in [7, 11) is -3.19. The van der Waals surface area contributed by atoms with Gasteiger partial charge in [0.05, 0.1) is 30.1 Å². The molecule has 0 amide bonds. The summed E-state index contributed by atoms with van der Waals surface area (Å²) in [5.41, 5.74) is -0.205. The van der Waals surface area contributed by atoms with E-state index in [1.165, 1.54) is 18.6 Å². The quantitative estimate of drug-likeness (QED) is 0.342. The number of aromatic nitrogens is 2.